The summed E-state index contributed by atoms with van der Waals surface area (Å²) in [7, 11) is 0. The van der Waals surface area contributed by atoms with Gasteiger partial charge in [-0.1, -0.05) is 6.42 Å². The fourth-order valence-corrected chi connectivity index (χ4v) is 3.62. The zero-order chi connectivity index (χ0) is 14.7. The molecule has 2 heterocycles. The predicted molar refractivity (Wildman–Crippen MR) is 78.6 cm³/mol. The minimum absolute atomic E-state index is 0. The van der Waals surface area contributed by atoms with E-state index in [-0.39, 0.29) is 24.2 Å². The molecule has 1 aromatic rings. The molecule has 0 aliphatic carbocycles. The van der Waals surface area contributed by atoms with Crippen LogP contribution in [0.25, 0.3) is 0 Å². The van der Waals surface area contributed by atoms with Crippen molar-refractivity contribution in [1.82, 2.24) is 4.90 Å². The Balaban J connectivity index is 0.00000176. The Morgan fingerprint density at radius 2 is 1.86 bits per heavy atom. The summed E-state index contributed by atoms with van der Waals surface area (Å²) in [6.45, 7) is 2.86. The van der Waals surface area contributed by atoms with E-state index in [4.69, 9.17) is 4.74 Å². The number of ether oxygens (including phenoxy) is 1. The van der Waals surface area contributed by atoms with Crippen molar-refractivity contribution in [2.24, 2.45) is 5.92 Å². The number of hydrogen-bond donors (Lipinski definition) is 0. The number of esters is 1. The molecule has 2 fully saturated rings. The predicted octanol–water partition coefficient (Wildman–Crippen LogP) is 0.251. The monoisotopic (exact) mass is 326 g/mol. The molecule has 0 bridgehead atoms. The highest BCUT2D eigenvalue weighted by Gasteiger charge is 2.33. The topological polar surface area (TPSA) is 29.5 Å². The molecule has 2 aliphatic heterocycles. The largest absolute Gasteiger partial charge is 1.00 e. The molecule has 1 aromatic carbocycles. The van der Waals surface area contributed by atoms with Gasteiger partial charge in [-0.2, -0.15) is 0 Å². The lowest BCUT2D eigenvalue weighted by molar-refractivity contribution is -0.0000696. The highest BCUT2D eigenvalue weighted by atomic mass is 35.5. The minimum Gasteiger partial charge on any atom is -1.00 e. The lowest BCUT2D eigenvalue weighted by Gasteiger charge is -2.44. The van der Waals surface area contributed by atoms with E-state index in [0.717, 1.165) is 6.42 Å². The molecule has 2 atom stereocenters. The van der Waals surface area contributed by atoms with Gasteiger partial charge in [0.1, 0.15) is 5.82 Å². The first kappa shape index (κ1) is 17.2. The highest BCUT2D eigenvalue weighted by Crippen LogP contribution is 2.31. The number of piperidine rings is 2. The molecule has 0 aromatic heterocycles. The van der Waals surface area contributed by atoms with Crippen LogP contribution in [0.15, 0.2) is 24.3 Å². The molecule has 0 spiro atoms. The van der Waals surface area contributed by atoms with Crippen molar-refractivity contribution < 1.29 is 26.3 Å². The lowest BCUT2D eigenvalue weighted by atomic mass is 9.84. The summed E-state index contributed by atoms with van der Waals surface area (Å²) in [5.74, 6) is -0.233. The summed E-state index contributed by atoms with van der Waals surface area (Å²) < 4.78 is 18.3. The van der Waals surface area contributed by atoms with E-state index >= 15 is 0 Å². The molecule has 122 valence electrons. The number of nitrogens with zero attached hydrogens (tertiary/aromatic N) is 1. The summed E-state index contributed by atoms with van der Waals surface area (Å²) in [5, 5.41) is 0. The summed E-state index contributed by atoms with van der Waals surface area (Å²) >= 11 is 0. The summed E-state index contributed by atoms with van der Waals surface area (Å²) in [4.78, 5) is 14.6. The second kappa shape index (κ2) is 7.93. The Morgan fingerprint density at radius 3 is 2.64 bits per heavy atom. The van der Waals surface area contributed by atoms with Gasteiger partial charge in [-0.25, -0.2) is 9.18 Å². The smallest absolute Gasteiger partial charge is 0.338 e. The van der Waals surface area contributed by atoms with Gasteiger partial charge >= 0.3 is 5.97 Å². The van der Waals surface area contributed by atoms with Crippen LogP contribution in [0, 0.1) is 11.7 Å². The molecule has 2 saturated heterocycles. The first-order chi connectivity index (χ1) is 10.2. The van der Waals surface area contributed by atoms with E-state index in [9.17, 15) is 9.18 Å². The average Bonchev–Trinajstić information content (AvgIpc) is 2.53. The van der Waals surface area contributed by atoms with Crippen molar-refractivity contribution in [2.45, 2.75) is 38.1 Å². The van der Waals surface area contributed by atoms with Crippen LogP contribution < -0.4 is 12.4 Å². The molecule has 0 radical (unpaired) electrons. The number of halogens is 2. The van der Waals surface area contributed by atoms with Crippen LogP contribution in [0.4, 0.5) is 4.39 Å². The fraction of sp³-hybridized carbons (Fsp3) is 0.588. The van der Waals surface area contributed by atoms with Crippen molar-refractivity contribution in [3.63, 3.8) is 0 Å². The molecular weight excluding hydrogens is 305 g/mol. The molecule has 3 rings (SSSR count). The van der Waals surface area contributed by atoms with E-state index in [1.165, 1.54) is 63.0 Å². The van der Waals surface area contributed by atoms with Gasteiger partial charge in [0.25, 0.3) is 0 Å². The van der Waals surface area contributed by atoms with Crippen molar-refractivity contribution in [1.29, 1.82) is 0 Å². The van der Waals surface area contributed by atoms with Crippen molar-refractivity contribution >= 4 is 5.97 Å². The molecule has 22 heavy (non-hydrogen) atoms. The Kier molecular flexibility index (Phi) is 6.21. The standard InChI is InChI=1S/C17H22FNO2.ClH/c18-15-8-6-13(7-9-15)17(20)21-12-14-4-3-11-19-10-2-1-5-16(14)19;/h6-9,14,16H,1-5,10-12H2;1H/p-1/t14-,16+;/m0./s1. The van der Waals surface area contributed by atoms with Gasteiger partial charge in [0.2, 0.25) is 0 Å². The van der Waals surface area contributed by atoms with E-state index in [1.54, 1.807) is 0 Å². The van der Waals surface area contributed by atoms with Crippen molar-refractivity contribution in [2.75, 3.05) is 19.7 Å². The first-order valence-electron chi connectivity index (χ1n) is 7.91. The number of carbonyl (C=O) groups is 1. The Hall–Kier alpha value is -1.13. The van der Waals surface area contributed by atoms with Crippen LogP contribution in [0.2, 0.25) is 0 Å². The van der Waals surface area contributed by atoms with Gasteiger partial charge in [0.15, 0.2) is 0 Å². The molecule has 0 N–H and O–H groups in total. The number of rotatable bonds is 3. The van der Waals surface area contributed by atoms with Gasteiger partial charge in [-0.3, -0.25) is 4.90 Å². The number of benzene rings is 1. The van der Waals surface area contributed by atoms with Gasteiger partial charge in [0, 0.05) is 12.0 Å². The van der Waals surface area contributed by atoms with Gasteiger partial charge < -0.3 is 17.1 Å². The van der Waals surface area contributed by atoms with Crippen LogP contribution in [0.1, 0.15) is 42.5 Å². The Labute approximate surface area is 137 Å². The van der Waals surface area contributed by atoms with Gasteiger partial charge in [-0.15, -0.1) is 0 Å². The van der Waals surface area contributed by atoms with Crippen molar-refractivity contribution in [3.8, 4) is 0 Å². The lowest BCUT2D eigenvalue weighted by Crippen LogP contribution is -3.00. The summed E-state index contributed by atoms with van der Waals surface area (Å²) in [5.41, 5.74) is 0.424. The maximum absolute atomic E-state index is 12.9. The number of carbonyl (C=O) groups excluding carboxylic acids is 1. The maximum Gasteiger partial charge on any atom is 0.338 e. The zero-order valence-electron chi connectivity index (χ0n) is 12.6. The molecule has 3 nitrogen and oxygen atoms in total. The van der Waals surface area contributed by atoms with Gasteiger partial charge in [-0.05, 0) is 63.0 Å². The number of hydrogen-bond acceptors (Lipinski definition) is 3. The second-order valence-corrected chi connectivity index (χ2v) is 6.11. The quantitative estimate of drug-likeness (QED) is 0.746. The van der Waals surface area contributed by atoms with Crippen LogP contribution in [0.3, 0.4) is 0 Å². The van der Waals surface area contributed by atoms with E-state index in [1.807, 2.05) is 0 Å². The molecule has 0 saturated carbocycles. The van der Waals surface area contributed by atoms with E-state index in [2.05, 4.69) is 4.90 Å². The third kappa shape index (κ3) is 3.99. The molecule has 0 amide bonds. The summed E-state index contributed by atoms with van der Waals surface area (Å²) in [6.07, 6.45) is 6.12. The number of fused-ring (bicyclic) bond motifs is 1. The molecule has 0 unspecified atom stereocenters. The highest BCUT2D eigenvalue weighted by molar-refractivity contribution is 5.89. The van der Waals surface area contributed by atoms with Gasteiger partial charge in [0.05, 0.1) is 12.2 Å². The Morgan fingerprint density at radius 1 is 1.14 bits per heavy atom. The first-order valence-corrected chi connectivity index (χ1v) is 7.91. The zero-order valence-corrected chi connectivity index (χ0v) is 13.4. The normalized spacial score (nSPS) is 25.0. The summed E-state index contributed by atoms with van der Waals surface area (Å²) in [6, 6.07) is 6.12. The minimum atomic E-state index is -0.345. The van der Waals surface area contributed by atoms with Crippen LogP contribution in [0.5, 0.6) is 0 Å². The second-order valence-electron chi connectivity index (χ2n) is 6.11. The van der Waals surface area contributed by atoms with Crippen LogP contribution in [-0.2, 0) is 4.74 Å². The van der Waals surface area contributed by atoms with E-state index in [0.29, 0.717) is 24.1 Å². The Bertz CT molecular complexity index is 492. The maximum atomic E-state index is 12.9. The SMILES string of the molecule is O=C(OC[C@@H]1CCCN2CCCC[C@H]12)c1ccc(F)cc1.[Cl-]. The fourth-order valence-electron chi connectivity index (χ4n) is 3.62. The third-order valence-electron chi connectivity index (χ3n) is 4.74. The van der Waals surface area contributed by atoms with Crippen LogP contribution >= 0.6 is 0 Å². The van der Waals surface area contributed by atoms with Crippen LogP contribution in [-0.4, -0.2) is 36.6 Å². The van der Waals surface area contributed by atoms with E-state index < -0.39 is 0 Å². The molecule has 5 heteroatoms. The average molecular weight is 327 g/mol. The third-order valence-corrected chi connectivity index (χ3v) is 4.74. The molecule has 2 aliphatic rings. The molecular formula is C17H22ClFNO2-. The van der Waals surface area contributed by atoms with Crippen molar-refractivity contribution in [3.05, 3.63) is 35.6 Å².